The van der Waals surface area contributed by atoms with Crippen molar-refractivity contribution in [2.24, 2.45) is 0 Å². The number of aromatic nitrogens is 4. The molecule has 0 aliphatic carbocycles. The Balaban J connectivity index is 1.15. The average Bonchev–Trinajstić information content (AvgIpc) is 3.43. The van der Waals surface area contributed by atoms with Gasteiger partial charge in [-0.15, -0.1) is 0 Å². The van der Waals surface area contributed by atoms with Gasteiger partial charge >= 0.3 is 0 Å². The Hall–Kier alpha value is -4.85. The number of piperazine rings is 1. The van der Waals surface area contributed by atoms with Crippen molar-refractivity contribution in [2.75, 3.05) is 57.2 Å². The van der Waals surface area contributed by atoms with Crippen LogP contribution >= 0.6 is 11.6 Å². The first-order valence-corrected chi connectivity index (χ1v) is 15.7. The Morgan fingerprint density at radius 1 is 1.09 bits per heavy atom. The number of fused-ring (bicyclic) bond motifs is 1. The number of nitrogens with zero attached hydrogens (tertiary/aromatic N) is 7. The second kappa shape index (κ2) is 13.9. The molecule has 1 aromatic carbocycles. The summed E-state index contributed by atoms with van der Waals surface area (Å²) >= 11 is 6.50. The molecule has 0 bridgehead atoms. The topological polar surface area (TPSA) is 149 Å². The van der Waals surface area contributed by atoms with E-state index in [-0.39, 0.29) is 25.0 Å². The molecule has 2 amide bonds. The predicted molar refractivity (Wildman–Crippen MR) is 178 cm³/mol. The van der Waals surface area contributed by atoms with Crippen LogP contribution in [0.5, 0.6) is 5.88 Å². The lowest BCUT2D eigenvalue weighted by Gasteiger charge is -2.33. The van der Waals surface area contributed by atoms with Crippen molar-refractivity contribution >= 4 is 40.9 Å². The van der Waals surface area contributed by atoms with Crippen LogP contribution in [-0.2, 0) is 11.3 Å². The third-order valence-corrected chi connectivity index (χ3v) is 8.72. The van der Waals surface area contributed by atoms with E-state index < -0.39 is 12.1 Å². The predicted octanol–water partition coefficient (Wildman–Crippen LogP) is 3.29. The lowest BCUT2D eigenvalue weighted by atomic mass is 10.0. The minimum Gasteiger partial charge on any atom is -0.481 e. The van der Waals surface area contributed by atoms with Gasteiger partial charge in [-0.2, -0.15) is 0 Å². The zero-order valence-corrected chi connectivity index (χ0v) is 27.1. The van der Waals surface area contributed by atoms with Crippen molar-refractivity contribution in [1.29, 1.82) is 0 Å². The number of carbonyl (C=O) groups is 2. The van der Waals surface area contributed by atoms with E-state index in [1.807, 2.05) is 24.3 Å². The zero-order valence-electron chi connectivity index (χ0n) is 26.4. The van der Waals surface area contributed by atoms with Crippen LogP contribution in [0.25, 0.3) is 11.3 Å². The second-order valence-corrected chi connectivity index (χ2v) is 11.9. The molecule has 0 spiro atoms. The van der Waals surface area contributed by atoms with Gasteiger partial charge in [0.1, 0.15) is 11.9 Å². The van der Waals surface area contributed by atoms with Crippen LogP contribution in [0.2, 0.25) is 5.02 Å². The minimum atomic E-state index is -0.802. The lowest BCUT2D eigenvalue weighted by Crippen LogP contribution is -2.47. The first-order valence-electron chi connectivity index (χ1n) is 15.3. The molecule has 0 saturated carbocycles. The van der Waals surface area contributed by atoms with Gasteiger partial charge in [-0.3, -0.25) is 9.59 Å². The number of nitrogens with one attached hydrogen (secondary N) is 2. The Morgan fingerprint density at radius 2 is 1.89 bits per heavy atom. The molecule has 3 N–H and O–H groups in total. The maximum absolute atomic E-state index is 13.6. The Kier molecular flexibility index (Phi) is 9.48. The molecule has 3 aromatic heterocycles. The van der Waals surface area contributed by atoms with Gasteiger partial charge in [0.25, 0.3) is 5.91 Å². The van der Waals surface area contributed by atoms with Crippen LogP contribution in [0.15, 0.2) is 60.9 Å². The third kappa shape index (κ3) is 6.97. The summed E-state index contributed by atoms with van der Waals surface area (Å²) in [7, 11) is 3.62. The number of rotatable bonds is 10. The molecule has 0 unspecified atom stereocenters. The first kappa shape index (κ1) is 32.1. The number of hydrogen-bond acceptors (Lipinski definition) is 11. The number of aliphatic hydroxyl groups is 1. The summed E-state index contributed by atoms with van der Waals surface area (Å²) < 4.78 is 5.18. The summed E-state index contributed by atoms with van der Waals surface area (Å²) in [5.74, 6) is 0.875. The minimum absolute atomic E-state index is 0.262. The van der Waals surface area contributed by atoms with Crippen LogP contribution in [0, 0.1) is 0 Å². The standard InChI is InChI=1S/C33H36ClN9O4/c1-20(31(45)39-27(19-44)26-5-4-6-28(38-26)42-13-11-41(2)12-14-42)43-18-22-8-7-21(15-24(22)32(43)46)30-25(34)17-36-33(40-30)37-23-9-10-35-29(16-23)47-3/h4-10,15-17,20,27,44H,11-14,18-19H2,1-3H3,(H,39,45)(H,35,36,37,40)/t20-,27-/m1/s1. The van der Waals surface area contributed by atoms with Gasteiger partial charge in [0.15, 0.2) is 0 Å². The van der Waals surface area contributed by atoms with Crippen molar-refractivity contribution < 1.29 is 19.4 Å². The van der Waals surface area contributed by atoms with E-state index in [0.717, 1.165) is 37.6 Å². The molecule has 244 valence electrons. The van der Waals surface area contributed by atoms with Crippen molar-refractivity contribution in [3.8, 4) is 17.1 Å². The number of aliphatic hydroxyl groups excluding tert-OH is 1. The number of benzene rings is 1. The van der Waals surface area contributed by atoms with Crippen LogP contribution < -0.4 is 20.3 Å². The summed E-state index contributed by atoms with van der Waals surface area (Å²) in [6, 6.07) is 13.0. The fourth-order valence-corrected chi connectivity index (χ4v) is 5.83. The maximum Gasteiger partial charge on any atom is 0.255 e. The third-order valence-electron chi connectivity index (χ3n) is 8.45. The maximum atomic E-state index is 13.6. The van der Waals surface area contributed by atoms with Crippen LogP contribution in [0.4, 0.5) is 17.5 Å². The molecule has 6 rings (SSSR count). The lowest BCUT2D eigenvalue weighted by molar-refractivity contribution is -0.126. The molecule has 0 radical (unpaired) electrons. The number of ether oxygens (including phenoxy) is 1. The van der Waals surface area contributed by atoms with E-state index >= 15 is 0 Å². The average molecular weight is 658 g/mol. The number of amides is 2. The van der Waals surface area contributed by atoms with E-state index in [9.17, 15) is 14.7 Å². The molecule has 14 heteroatoms. The van der Waals surface area contributed by atoms with Crippen LogP contribution in [0.3, 0.4) is 0 Å². The van der Waals surface area contributed by atoms with Crippen molar-refractivity contribution in [2.45, 2.75) is 25.6 Å². The molecule has 13 nitrogen and oxygen atoms in total. The Morgan fingerprint density at radius 3 is 2.66 bits per heavy atom. The van der Waals surface area contributed by atoms with E-state index in [1.54, 1.807) is 37.4 Å². The van der Waals surface area contributed by atoms with Gasteiger partial charge < -0.3 is 35.2 Å². The summed E-state index contributed by atoms with van der Waals surface area (Å²) in [5, 5.41) is 16.5. The summed E-state index contributed by atoms with van der Waals surface area (Å²) in [4.78, 5) is 50.8. The van der Waals surface area contributed by atoms with Gasteiger partial charge in [0.05, 0.1) is 42.4 Å². The highest BCUT2D eigenvalue weighted by Gasteiger charge is 2.35. The molecule has 1 fully saturated rings. The van der Waals surface area contributed by atoms with Gasteiger partial charge in [-0.05, 0) is 43.8 Å². The molecule has 2 atom stereocenters. The molecular weight excluding hydrogens is 622 g/mol. The van der Waals surface area contributed by atoms with Gasteiger partial charge in [0, 0.05) is 61.8 Å². The van der Waals surface area contributed by atoms with Gasteiger partial charge in [-0.25, -0.2) is 19.9 Å². The highest BCUT2D eigenvalue weighted by Crippen LogP contribution is 2.33. The van der Waals surface area contributed by atoms with Gasteiger partial charge in [-0.1, -0.05) is 29.8 Å². The van der Waals surface area contributed by atoms with Crippen molar-refractivity contribution in [3.05, 3.63) is 82.8 Å². The number of carbonyl (C=O) groups excluding carboxylic acids is 2. The molecule has 2 aliphatic heterocycles. The number of anilines is 3. The highest BCUT2D eigenvalue weighted by atomic mass is 35.5. The largest absolute Gasteiger partial charge is 0.481 e. The normalized spacial score (nSPS) is 16.1. The second-order valence-electron chi connectivity index (χ2n) is 11.5. The van der Waals surface area contributed by atoms with Gasteiger partial charge in [0.2, 0.25) is 17.7 Å². The molecule has 1 saturated heterocycles. The van der Waals surface area contributed by atoms with E-state index in [0.29, 0.717) is 45.1 Å². The summed E-state index contributed by atoms with van der Waals surface area (Å²) in [6.07, 6.45) is 3.09. The van der Waals surface area contributed by atoms with Crippen molar-refractivity contribution in [3.63, 3.8) is 0 Å². The van der Waals surface area contributed by atoms with E-state index in [2.05, 4.69) is 42.4 Å². The Bertz CT molecular complexity index is 1780. The molecule has 5 heterocycles. The monoisotopic (exact) mass is 657 g/mol. The summed E-state index contributed by atoms with van der Waals surface area (Å²) in [5.41, 5.74) is 3.56. The number of hydrogen-bond donors (Lipinski definition) is 3. The van der Waals surface area contributed by atoms with Crippen LogP contribution in [0.1, 0.15) is 34.6 Å². The van der Waals surface area contributed by atoms with Crippen LogP contribution in [-0.4, -0.2) is 99.6 Å². The SMILES string of the molecule is COc1cc(Nc2ncc(Cl)c(-c3ccc4c(c3)C(=O)N([C@H](C)C(=O)N[C@H](CO)c3cccc(N5CCN(C)CC5)n3)C4)n2)ccn1. The number of methoxy groups -OCH3 is 1. The van der Waals surface area contributed by atoms with Crippen molar-refractivity contribution in [1.82, 2.24) is 35.1 Å². The molecule has 4 aromatic rings. The Labute approximate surface area is 277 Å². The summed E-state index contributed by atoms with van der Waals surface area (Å²) in [6.45, 7) is 5.17. The quantitative estimate of drug-likeness (QED) is 0.231. The highest BCUT2D eigenvalue weighted by molar-refractivity contribution is 6.33. The fourth-order valence-electron chi connectivity index (χ4n) is 5.63. The van der Waals surface area contributed by atoms with E-state index in [4.69, 9.17) is 21.3 Å². The molecule has 2 aliphatic rings. The molecule has 47 heavy (non-hydrogen) atoms. The first-order chi connectivity index (χ1) is 22.7. The number of likely N-dealkylation sites (N-methyl/N-ethyl adjacent to an activating group) is 1. The fraction of sp³-hybridized carbons (Fsp3) is 0.333. The van der Waals surface area contributed by atoms with E-state index in [1.165, 1.54) is 18.2 Å². The molecular formula is C33H36ClN9O4. The zero-order chi connectivity index (χ0) is 33.1. The number of pyridine rings is 2. The number of halogens is 1. The smallest absolute Gasteiger partial charge is 0.255 e.